The Balaban J connectivity index is 2.12. The summed E-state index contributed by atoms with van der Waals surface area (Å²) in [5.41, 5.74) is 2.28. The highest BCUT2D eigenvalue weighted by atomic mass is 15.3. The maximum atomic E-state index is 4.50. The van der Waals surface area contributed by atoms with Gasteiger partial charge in [0.05, 0.1) is 5.39 Å². The zero-order valence-electron chi connectivity index (χ0n) is 10.4. The first-order valence-corrected chi connectivity index (χ1v) is 6.42. The summed E-state index contributed by atoms with van der Waals surface area (Å²) in [5.74, 6) is 1.12. The topological polar surface area (TPSA) is 44.8 Å². The lowest BCUT2D eigenvalue weighted by atomic mass is 9.99. The number of nitrogens with zero attached hydrogens (tertiary/aromatic N) is 3. The monoisotopic (exact) mass is 230 g/mol. The van der Waals surface area contributed by atoms with Crippen LogP contribution < -0.4 is 4.90 Å². The van der Waals surface area contributed by atoms with Crippen molar-refractivity contribution in [3.8, 4) is 0 Å². The van der Waals surface area contributed by atoms with Crippen molar-refractivity contribution in [3.05, 3.63) is 18.1 Å². The van der Waals surface area contributed by atoms with Gasteiger partial charge in [0, 0.05) is 18.8 Å². The fourth-order valence-electron chi connectivity index (χ4n) is 2.65. The van der Waals surface area contributed by atoms with Crippen LogP contribution in [0, 0.1) is 0 Å². The highest BCUT2D eigenvalue weighted by Crippen LogP contribution is 2.33. The minimum atomic E-state index is 0.660. The first-order valence-electron chi connectivity index (χ1n) is 6.42. The second-order valence-electron chi connectivity index (χ2n) is 4.63. The third-order valence-electron chi connectivity index (χ3n) is 3.80. The Labute approximate surface area is 101 Å². The second kappa shape index (κ2) is 4.02. The molecule has 2 aromatic heterocycles. The van der Waals surface area contributed by atoms with Gasteiger partial charge in [-0.3, -0.25) is 0 Å². The standard InChI is InChI=1S/C13H18N4/c1-3-9-7-14-12-11(9)13(16-8-15-12)17-6-5-10(17)4-2/h7-8,10H,3-6H2,1-2H3,(H,14,15,16). The first kappa shape index (κ1) is 10.6. The van der Waals surface area contributed by atoms with Crippen molar-refractivity contribution in [2.45, 2.75) is 39.2 Å². The zero-order valence-corrected chi connectivity index (χ0v) is 10.4. The average molecular weight is 230 g/mol. The number of fused-ring (bicyclic) bond motifs is 1. The van der Waals surface area contributed by atoms with Crippen molar-refractivity contribution in [3.63, 3.8) is 0 Å². The third kappa shape index (κ3) is 1.51. The largest absolute Gasteiger partial charge is 0.353 e. The molecule has 1 unspecified atom stereocenters. The Morgan fingerprint density at radius 3 is 2.94 bits per heavy atom. The number of rotatable bonds is 3. The number of hydrogen-bond acceptors (Lipinski definition) is 3. The summed E-state index contributed by atoms with van der Waals surface area (Å²) in [7, 11) is 0. The second-order valence-corrected chi connectivity index (χ2v) is 4.63. The third-order valence-corrected chi connectivity index (χ3v) is 3.80. The van der Waals surface area contributed by atoms with E-state index in [0.29, 0.717) is 6.04 Å². The van der Waals surface area contributed by atoms with Crippen molar-refractivity contribution >= 4 is 16.9 Å². The number of H-pyrrole nitrogens is 1. The molecule has 1 saturated heterocycles. The molecule has 0 aliphatic carbocycles. The quantitative estimate of drug-likeness (QED) is 0.881. The highest BCUT2D eigenvalue weighted by Gasteiger charge is 2.29. The molecule has 0 amide bonds. The molecule has 1 aliphatic heterocycles. The zero-order chi connectivity index (χ0) is 11.8. The van der Waals surface area contributed by atoms with E-state index in [9.17, 15) is 0 Å². The van der Waals surface area contributed by atoms with Gasteiger partial charge in [-0.2, -0.15) is 0 Å². The number of aryl methyl sites for hydroxylation is 1. The van der Waals surface area contributed by atoms with Crippen molar-refractivity contribution in [1.29, 1.82) is 0 Å². The molecule has 0 bridgehead atoms. The Bertz CT molecular complexity index is 529. The van der Waals surface area contributed by atoms with E-state index in [0.717, 1.165) is 24.4 Å². The fourth-order valence-corrected chi connectivity index (χ4v) is 2.65. The van der Waals surface area contributed by atoms with Crippen LogP contribution in [-0.2, 0) is 6.42 Å². The fraction of sp³-hybridized carbons (Fsp3) is 0.538. The van der Waals surface area contributed by atoms with Crippen LogP contribution in [0.1, 0.15) is 32.3 Å². The summed E-state index contributed by atoms with van der Waals surface area (Å²) in [4.78, 5) is 14.5. The van der Waals surface area contributed by atoms with E-state index < -0.39 is 0 Å². The Hall–Kier alpha value is -1.58. The average Bonchev–Trinajstić information content (AvgIpc) is 2.72. The minimum absolute atomic E-state index is 0.660. The van der Waals surface area contributed by atoms with Crippen molar-refractivity contribution in [1.82, 2.24) is 15.0 Å². The summed E-state index contributed by atoms with van der Waals surface area (Å²) < 4.78 is 0. The SMILES string of the molecule is CCc1c[nH]c2ncnc(N3CCC3CC)c12. The molecule has 3 heterocycles. The van der Waals surface area contributed by atoms with Gasteiger partial charge in [-0.25, -0.2) is 9.97 Å². The Kier molecular flexibility index (Phi) is 2.50. The van der Waals surface area contributed by atoms with Crippen LogP contribution in [-0.4, -0.2) is 27.5 Å². The van der Waals surface area contributed by atoms with Crippen LogP contribution in [0.3, 0.4) is 0 Å². The maximum Gasteiger partial charge on any atom is 0.143 e. The van der Waals surface area contributed by atoms with Gasteiger partial charge >= 0.3 is 0 Å². The Morgan fingerprint density at radius 2 is 2.29 bits per heavy atom. The van der Waals surface area contributed by atoms with E-state index >= 15 is 0 Å². The number of anilines is 1. The van der Waals surface area contributed by atoms with Crippen LogP contribution >= 0.6 is 0 Å². The molecular formula is C13H18N4. The molecule has 17 heavy (non-hydrogen) atoms. The molecule has 0 saturated carbocycles. The van der Waals surface area contributed by atoms with Gasteiger partial charge in [-0.05, 0) is 24.8 Å². The van der Waals surface area contributed by atoms with Gasteiger partial charge in [0.2, 0.25) is 0 Å². The van der Waals surface area contributed by atoms with Crippen molar-refractivity contribution < 1.29 is 0 Å². The summed E-state index contributed by atoms with van der Waals surface area (Å²) in [6, 6.07) is 0.660. The van der Waals surface area contributed by atoms with E-state index in [1.807, 2.05) is 0 Å². The lowest BCUT2D eigenvalue weighted by Crippen LogP contribution is -2.47. The van der Waals surface area contributed by atoms with Gasteiger partial charge in [0.25, 0.3) is 0 Å². The molecule has 0 aromatic carbocycles. The van der Waals surface area contributed by atoms with E-state index in [-0.39, 0.29) is 0 Å². The predicted molar refractivity (Wildman–Crippen MR) is 69.3 cm³/mol. The maximum absolute atomic E-state index is 4.50. The summed E-state index contributed by atoms with van der Waals surface area (Å²) in [6.07, 6.45) is 7.22. The molecule has 1 aliphatic rings. The van der Waals surface area contributed by atoms with Crippen LogP contribution in [0.5, 0.6) is 0 Å². The normalized spacial score (nSPS) is 19.6. The lowest BCUT2D eigenvalue weighted by molar-refractivity contribution is 0.434. The molecule has 0 radical (unpaired) electrons. The first-order chi connectivity index (χ1) is 8.35. The lowest BCUT2D eigenvalue weighted by Gasteiger charge is -2.41. The summed E-state index contributed by atoms with van der Waals surface area (Å²) in [5, 5.41) is 1.22. The number of aromatic amines is 1. The van der Waals surface area contributed by atoms with Crippen molar-refractivity contribution in [2.24, 2.45) is 0 Å². The molecule has 3 rings (SSSR count). The molecule has 4 heteroatoms. The van der Waals surface area contributed by atoms with Crippen LogP contribution in [0.4, 0.5) is 5.82 Å². The van der Waals surface area contributed by atoms with Crippen LogP contribution in [0.25, 0.3) is 11.0 Å². The molecule has 1 N–H and O–H groups in total. The molecule has 0 spiro atoms. The van der Waals surface area contributed by atoms with Gasteiger partial charge < -0.3 is 9.88 Å². The van der Waals surface area contributed by atoms with Gasteiger partial charge in [0.15, 0.2) is 0 Å². The van der Waals surface area contributed by atoms with Crippen molar-refractivity contribution in [2.75, 3.05) is 11.4 Å². The summed E-state index contributed by atoms with van der Waals surface area (Å²) >= 11 is 0. The highest BCUT2D eigenvalue weighted by molar-refractivity contribution is 5.91. The molecule has 1 atom stereocenters. The molecular weight excluding hydrogens is 212 g/mol. The molecule has 1 fully saturated rings. The predicted octanol–water partition coefficient (Wildman–Crippen LogP) is 2.51. The molecule has 4 nitrogen and oxygen atoms in total. The summed E-state index contributed by atoms with van der Waals surface area (Å²) in [6.45, 7) is 5.54. The number of nitrogens with one attached hydrogen (secondary N) is 1. The number of hydrogen-bond donors (Lipinski definition) is 1. The van der Waals surface area contributed by atoms with Gasteiger partial charge in [-0.15, -0.1) is 0 Å². The minimum Gasteiger partial charge on any atom is -0.353 e. The smallest absolute Gasteiger partial charge is 0.143 e. The van der Waals surface area contributed by atoms with Gasteiger partial charge in [-0.1, -0.05) is 13.8 Å². The Morgan fingerprint density at radius 1 is 1.41 bits per heavy atom. The molecule has 2 aromatic rings. The van der Waals surface area contributed by atoms with E-state index in [1.54, 1.807) is 6.33 Å². The van der Waals surface area contributed by atoms with E-state index in [1.165, 1.54) is 23.8 Å². The van der Waals surface area contributed by atoms with Crippen LogP contribution in [0.15, 0.2) is 12.5 Å². The van der Waals surface area contributed by atoms with Gasteiger partial charge in [0.1, 0.15) is 17.8 Å². The van der Waals surface area contributed by atoms with Crippen LogP contribution in [0.2, 0.25) is 0 Å². The van der Waals surface area contributed by atoms with E-state index in [4.69, 9.17) is 0 Å². The molecule has 90 valence electrons. The van der Waals surface area contributed by atoms with E-state index in [2.05, 4.69) is 39.9 Å². The number of aromatic nitrogens is 3.